The van der Waals surface area contributed by atoms with Crippen LogP contribution in [0.5, 0.6) is 5.75 Å². The van der Waals surface area contributed by atoms with Crippen molar-refractivity contribution in [3.05, 3.63) is 54.1 Å². The quantitative estimate of drug-likeness (QED) is 0.793. The first-order valence-electron chi connectivity index (χ1n) is 7.79. The van der Waals surface area contributed by atoms with Gasteiger partial charge in [0.1, 0.15) is 11.6 Å². The van der Waals surface area contributed by atoms with Crippen molar-refractivity contribution in [2.24, 2.45) is 0 Å². The number of hydrogen-bond donors (Lipinski definition) is 3. The molecule has 1 aliphatic rings. The maximum atomic E-state index is 12.9. The summed E-state index contributed by atoms with van der Waals surface area (Å²) in [6.45, 7) is 0.780. The number of hydrogen-bond acceptors (Lipinski definition) is 4. The highest BCUT2D eigenvalue weighted by Gasteiger charge is 2.29. The SMILES string of the molecule is O=C(Nc1ccc(F)cc1)N[C@H]1CCN(C(=O)c2ncccc2O)C1. The van der Waals surface area contributed by atoms with Crippen molar-refractivity contribution in [3.63, 3.8) is 0 Å². The molecule has 1 saturated heterocycles. The molecule has 25 heavy (non-hydrogen) atoms. The van der Waals surface area contributed by atoms with Crippen LogP contribution in [0.2, 0.25) is 0 Å². The summed E-state index contributed by atoms with van der Waals surface area (Å²) in [5, 5.41) is 15.1. The molecule has 0 saturated carbocycles. The third-order valence-electron chi connectivity index (χ3n) is 3.90. The van der Waals surface area contributed by atoms with Crippen LogP contribution in [0.15, 0.2) is 42.6 Å². The number of benzene rings is 1. The summed E-state index contributed by atoms with van der Waals surface area (Å²) in [6, 6.07) is 7.74. The standard InChI is InChI=1S/C17H17FN4O3/c18-11-3-5-12(6-4-11)20-17(25)21-13-7-9-22(10-13)16(24)15-14(23)2-1-8-19-15/h1-6,8,13,23H,7,9-10H2,(H2,20,21,25)/t13-/m0/s1. The second-order valence-corrected chi connectivity index (χ2v) is 5.71. The number of urea groups is 1. The van der Waals surface area contributed by atoms with E-state index in [1.165, 1.54) is 41.4 Å². The molecule has 0 bridgehead atoms. The Hall–Kier alpha value is -3.16. The molecule has 130 valence electrons. The van der Waals surface area contributed by atoms with Crippen molar-refractivity contribution < 1.29 is 19.1 Å². The zero-order valence-electron chi connectivity index (χ0n) is 13.3. The average Bonchev–Trinajstić information content (AvgIpc) is 3.05. The fourth-order valence-electron chi connectivity index (χ4n) is 2.66. The van der Waals surface area contributed by atoms with Gasteiger partial charge in [-0.05, 0) is 42.8 Å². The van der Waals surface area contributed by atoms with Crippen LogP contribution in [0.25, 0.3) is 0 Å². The van der Waals surface area contributed by atoms with Crippen molar-refractivity contribution >= 4 is 17.6 Å². The van der Waals surface area contributed by atoms with Crippen molar-refractivity contribution in [2.75, 3.05) is 18.4 Å². The molecule has 2 heterocycles. The zero-order valence-corrected chi connectivity index (χ0v) is 13.3. The number of nitrogens with zero attached hydrogens (tertiary/aromatic N) is 2. The van der Waals surface area contributed by atoms with Crippen LogP contribution >= 0.6 is 0 Å². The monoisotopic (exact) mass is 344 g/mol. The predicted molar refractivity (Wildman–Crippen MR) is 88.8 cm³/mol. The van der Waals surface area contributed by atoms with Gasteiger partial charge in [-0.2, -0.15) is 0 Å². The van der Waals surface area contributed by atoms with Gasteiger partial charge in [0.15, 0.2) is 5.69 Å². The fourth-order valence-corrected chi connectivity index (χ4v) is 2.66. The summed E-state index contributed by atoms with van der Waals surface area (Å²) in [7, 11) is 0. The summed E-state index contributed by atoms with van der Waals surface area (Å²) in [5.74, 6) is -0.923. The summed E-state index contributed by atoms with van der Waals surface area (Å²) >= 11 is 0. The zero-order chi connectivity index (χ0) is 17.8. The number of pyridine rings is 1. The molecular formula is C17H17FN4O3. The lowest BCUT2D eigenvalue weighted by atomic mass is 10.2. The number of likely N-dealkylation sites (tertiary alicyclic amines) is 1. The molecule has 1 aromatic carbocycles. The minimum atomic E-state index is -0.424. The van der Waals surface area contributed by atoms with Crippen LogP contribution in [0.3, 0.4) is 0 Å². The summed E-state index contributed by atoms with van der Waals surface area (Å²) < 4.78 is 12.9. The normalized spacial score (nSPS) is 16.5. The van der Waals surface area contributed by atoms with E-state index in [1.54, 1.807) is 6.07 Å². The number of rotatable bonds is 3. The molecule has 1 fully saturated rings. The molecule has 3 rings (SSSR count). The first-order chi connectivity index (χ1) is 12.0. The van der Waals surface area contributed by atoms with Crippen LogP contribution in [0.1, 0.15) is 16.9 Å². The minimum Gasteiger partial charge on any atom is -0.505 e. The molecule has 2 aromatic rings. The molecule has 0 unspecified atom stereocenters. The molecule has 1 aliphatic heterocycles. The van der Waals surface area contributed by atoms with Crippen molar-refractivity contribution in [1.29, 1.82) is 0 Å². The molecule has 0 spiro atoms. The van der Waals surface area contributed by atoms with E-state index in [2.05, 4.69) is 15.6 Å². The topological polar surface area (TPSA) is 94.6 Å². The lowest BCUT2D eigenvalue weighted by Crippen LogP contribution is -2.40. The lowest BCUT2D eigenvalue weighted by Gasteiger charge is -2.17. The van der Waals surface area contributed by atoms with Crippen LogP contribution < -0.4 is 10.6 Å². The van der Waals surface area contributed by atoms with Crippen molar-refractivity contribution in [2.45, 2.75) is 12.5 Å². The molecule has 1 aromatic heterocycles. The number of halogens is 1. The van der Waals surface area contributed by atoms with Gasteiger partial charge < -0.3 is 20.6 Å². The Morgan fingerprint density at radius 1 is 1.24 bits per heavy atom. The van der Waals surface area contributed by atoms with Gasteiger partial charge in [-0.15, -0.1) is 0 Å². The number of carbonyl (C=O) groups is 2. The number of carbonyl (C=O) groups excluding carboxylic acids is 2. The van der Waals surface area contributed by atoms with Gasteiger partial charge >= 0.3 is 6.03 Å². The number of aromatic hydroxyl groups is 1. The number of anilines is 1. The Labute approximate surface area is 143 Å². The van der Waals surface area contributed by atoms with Gasteiger partial charge in [-0.1, -0.05) is 0 Å². The first-order valence-corrected chi connectivity index (χ1v) is 7.79. The van der Waals surface area contributed by atoms with Crippen molar-refractivity contribution in [3.8, 4) is 5.75 Å². The van der Waals surface area contributed by atoms with E-state index in [1.807, 2.05) is 0 Å². The Bertz CT molecular complexity index is 782. The molecule has 3 N–H and O–H groups in total. The Kier molecular flexibility index (Phi) is 4.78. The molecule has 8 heteroatoms. The highest BCUT2D eigenvalue weighted by Crippen LogP contribution is 2.19. The van der Waals surface area contributed by atoms with Crippen LogP contribution in [-0.4, -0.2) is 46.1 Å². The molecule has 0 radical (unpaired) electrons. The number of nitrogens with one attached hydrogen (secondary N) is 2. The third-order valence-corrected chi connectivity index (χ3v) is 3.90. The molecule has 3 amide bonds. The van der Waals surface area contributed by atoms with E-state index >= 15 is 0 Å². The van der Waals surface area contributed by atoms with Gasteiger partial charge in [-0.3, -0.25) is 4.79 Å². The minimum absolute atomic E-state index is 0.00101. The Morgan fingerprint density at radius 2 is 2.00 bits per heavy atom. The maximum absolute atomic E-state index is 12.9. The summed E-state index contributed by atoms with van der Waals surface area (Å²) in [4.78, 5) is 29.8. The first kappa shape index (κ1) is 16.7. The molecule has 7 nitrogen and oxygen atoms in total. The number of aromatic nitrogens is 1. The predicted octanol–water partition coefficient (Wildman–Crippen LogP) is 1.96. The van der Waals surface area contributed by atoms with E-state index < -0.39 is 6.03 Å². The van der Waals surface area contributed by atoms with Gasteiger partial charge in [0, 0.05) is 31.0 Å². The largest absolute Gasteiger partial charge is 0.505 e. The van der Waals surface area contributed by atoms with Crippen molar-refractivity contribution in [1.82, 2.24) is 15.2 Å². The van der Waals surface area contributed by atoms with E-state index in [4.69, 9.17) is 0 Å². The van der Waals surface area contributed by atoms with Gasteiger partial charge in [-0.25, -0.2) is 14.2 Å². The van der Waals surface area contributed by atoms with Gasteiger partial charge in [0.2, 0.25) is 0 Å². The van der Waals surface area contributed by atoms with E-state index in [-0.39, 0.29) is 29.2 Å². The summed E-state index contributed by atoms with van der Waals surface area (Å²) in [6.07, 6.45) is 2.03. The molecule has 1 atom stereocenters. The molecule has 0 aliphatic carbocycles. The second kappa shape index (κ2) is 7.16. The smallest absolute Gasteiger partial charge is 0.319 e. The third kappa shape index (κ3) is 4.03. The highest BCUT2D eigenvalue weighted by molar-refractivity contribution is 5.95. The Morgan fingerprint density at radius 3 is 2.72 bits per heavy atom. The van der Waals surface area contributed by atoms with Crippen LogP contribution in [-0.2, 0) is 0 Å². The van der Waals surface area contributed by atoms with Gasteiger partial charge in [0.05, 0.1) is 0 Å². The molecular weight excluding hydrogens is 327 g/mol. The van der Waals surface area contributed by atoms with E-state index in [0.29, 0.717) is 25.2 Å². The average molecular weight is 344 g/mol. The highest BCUT2D eigenvalue weighted by atomic mass is 19.1. The van der Waals surface area contributed by atoms with Crippen LogP contribution in [0, 0.1) is 5.82 Å². The van der Waals surface area contributed by atoms with Gasteiger partial charge in [0.25, 0.3) is 5.91 Å². The maximum Gasteiger partial charge on any atom is 0.319 e. The lowest BCUT2D eigenvalue weighted by molar-refractivity contribution is 0.0780. The second-order valence-electron chi connectivity index (χ2n) is 5.71. The van der Waals surface area contributed by atoms with E-state index in [9.17, 15) is 19.1 Å². The van der Waals surface area contributed by atoms with Crippen LogP contribution in [0.4, 0.5) is 14.9 Å². The Balaban J connectivity index is 1.54. The summed E-state index contributed by atoms with van der Waals surface area (Å²) in [5.41, 5.74) is 0.474. The fraction of sp³-hybridized carbons (Fsp3) is 0.235. The van der Waals surface area contributed by atoms with E-state index in [0.717, 1.165) is 0 Å². The number of amides is 3.